The molecule has 0 saturated heterocycles. The largest absolute Gasteiger partial charge is 0.356 e. The molecule has 0 aromatic rings. The third-order valence-electron chi connectivity index (χ3n) is 5.51. The topological polar surface area (TPSA) is 116 Å². The van der Waals surface area contributed by atoms with Crippen molar-refractivity contribution in [3.63, 3.8) is 0 Å². The van der Waals surface area contributed by atoms with Crippen LogP contribution >= 0.6 is 0 Å². The Hall–Kier alpha value is -2.12. The molecule has 0 saturated carbocycles. The van der Waals surface area contributed by atoms with E-state index >= 15 is 0 Å². The summed E-state index contributed by atoms with van der Waals surface area (Å²) in [6.45, 7) is 10.3. The van der Waals surface area contributed by atoms with Gasteiger partial charge in [-0.1, -0.05) is 53.4 Å². The Morgan fingerprint density at radius 2 is 0.912 bits per heavy atom. The predicted octanol–water partition coefficient (Wildman–Crippen LogP) is 3.44. The van der Waals surface area contributed by atoms with Gasteiger partial charge in [0.1, 0.15) is 0 Å². The van der Waals surface area contributed by atoms with Gasteiger partial charge in [-0.25, -0.2) is 0 Å². The number of amides is 4. The second-order valence-electron chi connectivity index (χ2n) is 9.76. The van der Waals surface area contributed by atoms with E-state index < -0.39 is 0 Å². The maximum Gasteiger partial charge on any atom is 0.222 e. The molecule has 8 nitrogen and oxygen atoms in total. The molecule has 4 amide bonds. The lowest BCUT2D eigenvalue weighted by atomic mass is 10.1. The highest BCUT2D eigenvalue weighted by atomic mass is 16.2. The van der Waals surface area contributed by atoms with E-state index in [0.29, 0.717) is 51.4 Å². The fourth-order valence-electron chi connectivity index (χ4n) is 3.33. The van der Waals surface area contributed by atoms with E-state index in [-0.39, 0.29) is 29.5 Å². The van der Waals surface area contributed by atoms with Crippen molar-refractivity contribution in [2.24, 2.45) is 11.8 Å². The average molecular weight is 483 g/mol. The Balaban J connectivity index is 3.44. The van der Waals surface area contributed by atoms with Crippen LogP contribution in [0.25, 0.3) is 0 Å². The third kappa shape index (κ3) is 21.7. The van der Waals surface area contributed by atoms with E-state index in [9.17, 15) is 19.2 Å². The van der Waals surface area contributed by atoms with Crippen LogP contribution in [0.5, 0.6) is 0 Å². The van der Waals surface area contributed by atoms with Crippen molar-refractivity contribution in [2.45, 2.75) is 105 Å². The number of hydrogen-bond donors (Lipinski definition) is 4. The lowest BCUT2D eigenvalue weighted by Gasteiger charge is -2.09. The Kier molecular flexibility index (Phi) is 20.1. The van der Waals surface area contributed by atoms with E-state index in [2.05, 4.69) is 35.1 Å². The van der Waals surface area contributed by atoms with Gasteiger partial charge in [-0.3, -0.25) is 19.2 Å². The van der Waals surface area contributed by atoms with Gasteiger partial charge in [0, 0.05) is 51.4 Å². The molecule has 0 aromatic carbocycles. The van der Waals surface area contributed by atoms with Gasteiger partial charge < -0.3 is 21.3 Å². The summed E-state index contributed by atoms with van der Waals surface area (Å²) in [5, 5.41) is 11.4. The van der Waals surface area contributed by atoms with Crippen LogP contribution in [-0.4, -0.2) is 49.8 Å². The van der Waals surface area contributed by atoms with Crippen molar-refractivity contribution in [3.8, 4) is 0 Å². The Labute approximate surface area is 207 Å². The molecule has 0 fully saturated rings. The highest BCUT2D eigenvalue weighted by Gasteiger charge is 2.06. The molecule has 0 atom stereocenters. The first kappa shape index (κ1) is 31.9. The highest BCUT2D eigenvalue weighted by Crippen LogP contribution is 2.08. The Bertz CT molecular complexity index is 579. The van der Waals surface area contributed by atoms with Crippen LogP contribution in [0.15, 0.2) is 0 Å². The van der Waals surface area contributed by atoms with Gasteiger partial charge in [0.15, 0.2) is 0 Å². The molecule has 0 bridgehead atoms. The van der Waals surface area contributed by atoms with Crippen LogP contribution in [-0.2, 0) is 19.2 Å². The molecule has 0 spiro atoms. The number of carbonyl (C=O) groups excluding carboxylic acids is 4. The molecular formula is C26H50N4O4. The smallest absolute Gasteiger partial charge is 0.222 e. The SMILES string of the molecule is CC(C)CCCCC(=O)NCCCCCC(=O)NCCCCCC(=O)NCCNC(=O)C(C)C. The van der Waals surface area contributed by atoms with Gasteiger partial charge in [-0.2, -0.15) is 0 Å². The average Bonchev–Trinajstić information content (AvgIpc) is 2.78. The van der Waals surface area contributed by atoms with Crippen molar-refractivity contribution in [1.82, 2.24) is 21.3 Å². The molecule has 0 aliphatic rings. The Morgan fingerprint density at radius 3 is 1.35 bits per heavy atom. The zero-order chi connectivity index (χ0) is 25.6. The lowest BCUT2D eigenvalue weighted by Crippen LogP contribution is -2.36. The quantitative estimate of drug-likeness (QED) is 0.188. The number of rotatable bonds is 21. The van der Waals surface area contributed by atoms with E-state index in [1.807, 2.05) is 13.8 Å². The summed E-state index contributed by atoms with van der Waals surface area (Å²) in [5.41, 5.74) is 0. The summed E-state index contributed by atoms with van der Waals surface area (Å²) in [5.74, 6) is 0.823. The third-order valence-corrected chi connectivity index (χ3v) is 5.51. The van der Waals surface area contributed by atoms with Crippen LogP contribution in [0, 0.1) is 11.8 Å². The second kappa shape index (κ2) is 21.4. The summed E-state index contributed by atoms with van der Waals surface area (Å²) >= 11 is 0. The van der Waals surface area contributed by atoms with Crippen LogP contribution in [0.4, 0.5) is 0 Å². The number of unbranched alkanes of at least 4 members (excludes halogenated alkanes) is 5. The predicted molar refractivity (Wildman–Crippen MR) is 137 cm³/mol. The van der Waals surface area contributed by atoms with E-state index in [1.165, 1.54) is 6.42 Å². The van der Waals surface area contributed by atoms with Crippen molar-refractivity contribution in [2.75, 3.05) is 26.2 Å². The van der Waals surface area contributed by atoms with Crippen molar-refractivity contribution in [3.05, 3.63) is 0 Å². The van der Waals surface area contributed by atoms with Gasteiger partial charge in [-0.05, 0) is 38.0 Å². The van der Waals surface area contributed by atoms with Crippen molar-refractivity contribution >= 4 is 23.6 Å². The second-order valence-corrected chi connectivity index (χ2v) is 9.76. The van der Waals surface area contributed by atoms with Crippen LogP contribution < -0.4 is 21.3 Å². The van der Waals surface area contributed by atoms with Crippen LogP contribution in [0.1, 0.15) is 105 Å². The molecule has 198 valence electrons. The molecule has 34 heavy (non-hydrogen) atoms. The summed E-state index contributed by atoms with van der Waals surface area (Å²) in [7, 11) is 0. The maximum atomic E-state index is 11.9. The zero-order valence-electron chi connectivity index (χ0n) is 22.1. The standard InChI is InChI=1S/C26H50N4O4/c1-21(2)13-9-10-16-24(32)28-18-11-5-7-14-23(31)27-17-12-6-8-15-25(33)29-19-20-30-26(34)22(3)4/h21-22H,5-20H2,1-4H3,(H,27,31)(H,28,32)(H,29,33)(H,30,34). The minimum absolute atomic E-state index is 0.00912. The summed E-state index contributed by atoms with van der Waals surface area (Å²) in [6, 6.07) is 0. The molecule has 0 unspecified atom stereocenters. The van der Waals surface area contributed by atoms with E-state index in [0.717, 1.165) is 51.4 Å². The fraction of sp³-hybridized carbons (Fsp3) is 0.846. The van der Waals surface area contributed by atoms with E-state index in [1.54, 1.807) is 0 Å². The first-order chi connectivity index (χ1) is 16.2. The lowest BCUT2D eigenvalue weighted by molar-refractivity contribution is -0.124. The van der Waals surface area contributed by atoms with Crippen molar-refractivity contribution < 1.29 is 19.2 Å². The molecule has 0 aromatic heterocycles. The fourth-order valence-corrected chi connectivity index (χ4v) is 3.33. The minimum Gasteiger partial charge on any atom is -0.356 e. The normalized spacial score (nSPS) is 10.9. The first-order valence-corrected chi connectivity index (χ1v) is 13.3. The monoisotopic (exact) mass is 482 g/mol. The highest BCUT2D eigenvalue weighted by molar-refractivity contribution is 5.78. The molecule has 0 heterocycles. The van der Waals surface area contributed by atoms with Gasteiger partial charge in [0.25, 0.3) is 0 Å². The molecule has 4 N–H and O–H groups in total. The number of nitrogens with one attached hydrogen (secondary N) is 4. The Morgan fingerprint density at radius 1 is 0.500 bits per heavy atom. The molecule has 0 aliphatic heterocycles. The van der Waals surface area contributed by atoms with Crippen molar-refractivity contribution in [1.29, 1.82) is 0 Å². The molecule has 8 heteroatoms. The number of carbonyl (C=O) groups is 4. The van der Waals surface area contributed by atoms with Gasteiger partial charge in [0.05, 0.1) is 0 Å². The van der Waals surface area contributed by atoms with Gasteiger partial charge in [0.2, 0.25) is 23.6 Å². The maximum absolute atomic E-state index is 11.9. The zero-order valence-corrected chi connectivity index (χ0v) is 22.1. The summed E-state index contributed by atoms with van der Waals surface area (Å²) < 4.78 is 0. The number of hydrogen-bond acceptors (Lipinski definition) is 4. The minimum atomic E-state index is -0.0514. The van der Waals surface area contributed by atoms with Crippen LogP contribution in [0.2, 0.25) is 0 Å². The molecule has 0 aliphatic carbocycles. The summed E-state index contributed by atoms with van der Waals surface area (Å²) in [4.78, 5) is 46.8. The summed E-state index contributed by atoms with van der Waals surface area (Å²) in [6.07, 6.45) is 9.99. The van der Waals surface area contributed by atoms with E-state index in [4.69, 9.17) is 0 Å². The molecular weight excluding hydrogens is 432 g/mol. The molecule has 0 rings (SSSR count). The van der Waals surface area contributed by atoms with Gasteiger partial charge >= 0.3 is 0 Å². The van der Waals surface area contributed by atoms with Crippen LogP contribution in [0.3, 0.4) is 0 Å². The molecule has 0 radical (unpaired) electrons. The first-order valence-electron chi connectivity index (χ1n) is 13.3. The van der Waals surface area contributed by atoms with Gasteiger partial charge in [-0.15, -0.1) is 0 Å².